The number of carbonyl (C=O) groups excluding carboxylic acids is 1. The summed E-state index contributed by atoms with van der Waals surface area (Å²) in [6, 6.07) is 8.81. The lowest BCUT2D eigenvalue weighted by Gasteiger charge is -2.15. The predicted octanol–water partition coefficient (Wildman–Crippen LogP) is 3.57. The Labute approximate surface area is 143 Å². The first-order valence-electron chi connectivity index (χ1n) is 7.15. The summed E-state index contributed by atoms with van der Waals surface area (Å²) in [5.74, 6) is 0.221. The Kier molecular flexibility index (Phi) is 5.99. The van der Waals surface area contributed by atoms with E-state index in [2.05, 4.69) is 10.1 Å². The third-order valence-electron chi connectivity index (χ3n) is 3.30. The second-order valence-corrected chi connectivity index (χ2v) is 4.74. The van der Waals surface area contributed by atoms with Gasteiger partial charge in [-0.05, 0) is 12.1 Å². The Morgan fingerprint density at radius 1 is 0.920 bits per heavy atom. The van der Waals surface area contributed by atoms with Crippen molar-refractivity contribution in [3.05, 3.63) is 42.0 Å². The number of benzene rings is 2. The van der Waals surface area contributed by atoms with E-state index >= 15 is 0 Å². The van der Waals surface area contributed by atoms with Crippen LogP contribution in [0.5, 0.6) is 23.0 Å². The molecule has 2 rings (SSSR count). The molecule has 0 spiro atoms. The van der Waals surface area contributed by atoms with Gasteiger partial charge in [0.1, 0.15) is 11.5 Å². The van der Waals surface area contributed by atoms with Crippen LogP contribution in [0.15, 0.2) is 36.4 Å². The molecule has 0 radical (unpaired) electrons. The van der Waals surface area contributed by atoms with Gasteiger partial charge in [0, 0.05) is 12.1 Å². The van der Waals surface area contributed by atoms with Crippen LogP contribution in [0.2, 0.25) is 0 Å². The molecule has 0 saturated carbocycles. The van der Waals surface area contributed by atoms with Gasteiger partial charge in [-0.1, -0.05) is 12.1 Å². The highest BCUT2D eigenvalue weighted by atomic mass is 19.3. The fourth-order valence-corrected chi connectivity index (χ4v) is 2.16. The molecule has 0 aliphatic carbocycles. The molecule has 0 heterocycles. The summed E-state index contributed by atoms with van der Waals surface area (Å²) in [7, 11) is 4.28. The number of rotatable bonds is 7. The van der Waals surface area contributed by atoms with Crippen LogP contribution in [0.25, 0.3) is 0 Å². The number of anilines is 1. The predicted molar refractivity (Wildman–Crippen MR) is 87.1 cm³/mol. The van der Waals surface area contributed by atoms with Gasteiger partial charge in [0.2, 0.25) is 0 Å². The quantitative estimate of drug-likeness (QED) is 0.824. The number of hydrogen-bond donors (Lipinski definition) is 1. The van der Waals surface area contributed by atoms with E-state index in [0.29, 0.717) is 11.5 Å². The van der Waals surface area contributed by atoms with Crippen LogP contribution < -0.4 is 24.3 Å². The van der Waals surface area contributed by atoms with Gasteiger partial charge in [-0.3, -0.25) is 4.79 Å². The van der Waals surface area contributed by atoms with E-state index in [-0.39, 0.29) is 22.7 Å². The lowest BCUT2D eigenvalue weighted by atomic mass is 10.1. The lowest BCUT2D eigenvalue weighted by molar-refractivity contribution is -0.0493. The molecule has 2 aromatic carbocycles. The van der Waals surface area contributed by atoms with E-state index in [0.717, 1.165) is 0 Å². The van der Waals surface area contributed by atoms with Gasteiger partial charge in [0.15, 0.2) is 11.5 Å². The summed E-state index contributed by atoms with van der Waals surface area (Å²) in [5.41, 5.74) is 0.247. The molecule has 0 aliphatic heterocycles. The molecular formula is C17H17F2NO5. The fraction of sp³-hybridized carbons (Fsp3) is 0.235. The van der Waals surface area contributed by atoms with E-state index in [1.807, 2.05) is 0 Å². The van der Waals surface area contributed by atoms with Gasteiger partial charge < -0.3 is 24.3 Å². The molecule has 6 nitrogen and oxygen atoms in total. The Balaban J connectivity index is 2.36. The number of nitrogens with one attached hydrogen (secondary N) is 1. The Hall–Kier alpha value is -3.03. The van der Waals surface area contributed by atoms with Crippen LogP contribution >= 0.6 is 0 Å². The first-order chi connectivity index (χ1) is 12.0. The van der Waals surface area contributed by atoms with Crippen molar-refractivity contribution in [2.45, 2.75) is 6.61 Å². The molecule has 8 heteroatoms. The molecule has 0 saturated heterocycles. The number of hydrogen-bond acceptors (Lipinski definition) is 5. The van der Waals surface area contributed by atoms with Crippen molar-refractivity contribution in [2.75, 3.05) is 26.6 Å². The number of amides is 1. The monoisotopic (exact) mass is 353 g/mol. The van der Waals surface area contributed by atoms with Crippen molar-refractivity contribution in [2.24, 2.45) is 0 Å². The molecule has 0 unspecified atom stereocenters. The highest BCUT2D eigenvalue weighted by Crippen LogP contribution is 2.35. The van der Waals surface area contributed by atoms with Crippen molar-refractivity contribution in [3.63, 3.8) is 0 Å². The minimum atomic E-state index is -3.01. The van der Waals surface area contributed by atoms with Crippen molar-refractivity contribution >= 4 is 11.6 Å². The summed E-state index contributed by atoms with van der Waals surface area (Å²) < 4.78 is 44.9. The second-order valence-electron chi connectivity index (χ2n) is 4.74. The maximum atomic E-state index is 12.6. The summed E-state index contributed by atoms with van der Waals surface area (Å²) >= 11 is 0. The van der Waals surface area contributed by atoms with E-state index in [1.165, 1.54) is 51.7 Å². The van der Waals surface area contributed by atoms with Gasteiger partial charge in [-0.2, -0.15) is 8.78 Å². The molecule has 0 aliphatic rings. The largest absolute Gasteiger partial charge is 0.496 e. The van der Waals surface area contributed by atoms with E-state index in [9.17, 15) is 13.6 Å². The Morgan fingerprint density at radius 3 is 2.12 bits per heavy atom. The minimum absolute atomic E-state index is 0.102. The van der Waals surface area contributed by atoms with Crippen molar-refractivity contribution in [1.29, 1.82) is 0 Å². The Bertz CT molecular complexity index is 752. The molecule has 25 heavy (non-hydrogen) atoms. The SMILES string of the molecule is COc1cc(OC)c(C(=O)Nc2ccccc2OC(F)F)cc1OC. The molecule has 1 N–H and O–H groups in total. The third kappa shape index (κ3) is 4.28. The minimum Gasteiger partial charge on any atom is -0.496 e. The first kappa shape index (κ1) is 18.3. The average Bonchev–Trinajstić information content (AvgIpc) is 2.61. The summed E-state index contributed by atoms with van der Waals surface area (Å²) in [6.07, 6.45) is 0. The van der Waals surface area contributed by atoms with Gasteiger partial charge in [0.25, 0.3) is 5.91 Å². The van der Waals surface area contributed by atoms with Crippen LogP contribution in [0.4, 0.5) is 14.5 Å². The van der Waals surface area contributed by atoms with Gasteiger partial charge >= 0.3 is 6.61 Å². The first-order valence-corrected chi connectivity index (χ1v) is 7.15. The fourth-order valence-electron chi connectivity index (χ4n) is 2.16. The average molecular weight is 353 g/mol. The van der Waals surface area contributed by atoms with E-state index in [4.69, 9.17) is 14.2 Å². The number of para-hydroxylation sites is 2. The standard InChI is InChI=1S/C17H17F2NO5/c1-22-13-9-15(24-3)14(23-2)8-10(13)16(21)20-11-6-4-5-7-12(11)25-17(18)19/h4-9,17H,1-3H3,(H,20,21). The summed E-state index contributed by atoms with van der Waals surface area (Å²) in [5, 5.41) is 2.52. The third-order valence-corrected chi connectivity index (χ3v) is 3.30. The number of halogens is 2. The molecule has 0 bridgehead atoms. The second kappa shape index (κ2) is 8.18. The number of alkyl halides is 2. The van der Waals surface area contributed by atoms with Gasteiger partial charge in [0.05, 0.1) is 32.6 Å². The maximum Gasteiger partial charge on any atom is 0.387 e. The smallest absolute Gasteiger partial charge is 0.387 e. The van der Waals surface area contributed by atoms with Gasteiger partial charge in [-0.15, -0.1) is 0 Å². The molecular weight excluding hydrogens is 336 g/mol. The van der Waals surface area contributed by atoms with Crippen LogP contribution in [0, 0.1) is 0 Å². The Morgan fingerprint density at radius 2 is 1.52 bits per heavy atom. The molecule has 0 atom stereocenters. The van der Waals surface area contributed by atoms with Crippen LogP contribution in [0.1, 0.15) is 10.4 Å². The van der Waals surface area contributed by atoms with Crippen molar-refractivity contribution < 1.29 is 32.5 Å². The zero-order valence-corrected chi connectivity index (χ0v) is 13.8. The van der Waals surface area contributed by atoms with Gasteiger partial charge in [-0.25, -0.2) is 0 Å². The highest BCUT2D eigenvalue weighted by Gasteiger charge is 2.19. The normalized spacial score (nSPS) is 10.3. The topological polar surface area (TPSA) is 66.0 Å². The number of ether oxygens (including phenoxy) is 4. The maximum absolute atomic E-state index is 12.6. The molecule has 0 aromatic heterocycles. The number of methoxy groups -OCH3 is 3. The molecule has 0 fully saturated rings. The van der Waals surface area contributed by atoms with Crippen LogP contribution in [-0.2, 0) is 0 Å². The summed E-state index contributed by atoms with van der Waals surface area (Å²) in [4.78, 5) is 12.6. The molecule has 134 valence electrons. The molecule has 2 aromatic rings. The lowest BCUT2D eigenvalue weighted by Crippen LogP contribution is -2.15. The summed E-state index contributed by atoms with van der Waals surface area (Å²) in [6.45, 7) is -3.01. The van der Waals surface area contributed by atoms with Crippen molar-refractivity contribution in [1.82, 2.24) is 0 Å². The van der Waals surface area contributed by atoms with E-state index in [1.54, 1.807) is 6.07 Å². The zero-order valence-electron chi connectivity index (χ0n) is 13.8. The van der Waals surface area contributed by atoms with Crippen LogP contribution in [0.3, 0.4) is 0 Å². The highest BCUT2D eigenvalue weighted by molar-refractivity contribution is 6.07. The van der Waals surface area contributed by atoms with Crippen molar-refractivity contribution in [3.8, 4) is 23.0 Å². The van der Waals surface area contributed by atoms with E-state index < -0.39 is 12.5 Å². The van der Waals surface area contributed by atoms with Crippen LogP contribution in [-0.4, -0.2) is 33.8 Å². The molecule has 1 amide bonds. The zero-order chi connectivity index (χ0) is 18.4. The number of carbonyl (C=O) groups is 1.